The van der Waals surface area contributed by atoms with Crippen molar-refractivity contribution in [2.75, 3.05) is 0 Å². The molecule has 8 aromatic carbocycles. The molecule has 54 heavy (non-hydrogen) atoms. The van der Waals surface area contributed by atoms with Gasteiger partial charge in [0, 0.05) is 43.6 Å². The van der Waals surface area contributed by atoms with Gasteiger partial charge in [0.15, 0.2) is 17.5 Å². The average Bonchev–Trinajstić information content (AvgIpc) is 3.83. The second kappa shape index (κ2) is 12.1. The van der Waals surface area contributed by atoms with E-state index >= 15 is 0 Å². The number of para-hydroxylation sites is 2. The topological polar surface area (TPSA) is 65.0 Å². The number of benzene rings is 8. The Morgan fingerprint density at radius 3 is 1.61 bits per heavy atom. The largest absolute Gasteiger partial charge is 0.456 e. The van der Waals surface area contributed by atoms with Crippen molar-refractivity contribution in [3.05, 3.63) is 176 Å². The molecule has 0 unspecified atom stereocenters. The molecule has 0 amide bonds. The molecule has 5 nitrogen and oxygen atoms in total. The lowest BCUT2D eigenvalue weighted by Crippen LogP contribution is -2.00. The Kier molecular flexibility index (Phi) is 6.79. The van der Waals surface area contributed by atoms with E-state index in [9.17, 15) is 0 Å². The summed E-state index contributed by atoms with van der Waals surface area (Å²) in [7, 11) is 0. The minimum atomic E-state index is 0.595. The van der Waals surface area contributed by atoms with E-state index < -0.39 is 0 Å². The molecule has 0 aliphatic heterocycles. The lowest BCUT2D eigenvalue weighted by atomic mass is 9.92. The Morgan fingerprint density at radius 1 is 0.296 bits per heavy atom. The molecule has 3 heterocycles. The molecule has 0 aliphatic rings. The zero-order valence-electron chi connectivity index (χ0n) is 28.9. The van der Waals surface area contributed by atoms with E-state index in [2.05, 4.69) is 97.1 Å². The number of furan rings is 2. The van der Waals surface area contributed by atoms with Crippen molar-refractivity contribution >= 4 is 54.6 Å². The molecule has 252 valence electrons. The zero-order valence-corrected chi connectivity index (χ0v) is 28.9. The fraction of sp³-hybridized carbons (Fsp3) is 0. The van der Waals surface area contributed by atoms with Crippen molar-refractivity contribution in [3.63, 3.8) is 0 Å². The van der Waals surface area contributed by atoms with E-state index in [0.717, 1.165) is 88.0 Å². The van der Waals surface area contributed by atoms with Gasteiger partial charge in [-0.25, -0.2) is 15.0 Å². The molecule has 0 bridgehead atoms. The number of hydrogen-bond acceptors (Lipinski definition) is 5. The summed E-state index contributed by atoms with van der Waals surface area (Å²) in [6, 6.07) is 60.5. The van der Waals surface area contributed by atoms with Crippen LogP contribution in [0.2, 0.25) is 0 Å². The minimum absolute atomic E-state index is 0.595. The van der Waals surface area contributed by atoms with Gasteiger partial charge in [0.2, 0.25) is 0 Å². The SMILES string of the molecule is c1ccc(-c2ccc3c(-c4ccc(-c5nc(-c6ccccc6)nc(-c6cccc7oc8ccccc8c67)n5)cc4)cc4c5ccccc5oc4c3c2)cc1. The quantitative estimate of drug-likeness (QED) is 0.180. The summed E-state index contributed by atoms with van der Waals surface area (Å²) in [6.07, 6.45) is 0. The maximum Gasteiger partial charge on any atom is 0.164 e. The molecule has 0 saturated carbocycles. The highest BCUT2D eigenvalue weighted by atomic mass is 16.3. The fourth-order valence-electron chi connectivity index (χ4n) is 7.75. The third-order valence-corrected chi connectivity index (χ3v) is 10.3. The highest BCUT2D eigenvalue weighted by Crippen LogP contribution is 2.42. The zero-order chi connectivity index (χ0) is 35.6. The van der Waals surface area contributed by atoms with Crippen LogP contribution in [0, 0.1) is 0 Å². The molecule has 0 radical (unpaired) electrons. The number of nitrogens with zero attached hydrogens (tertiary/aromatic N) is 3. The van der Waals surface area contributed by atoms with Gasteiger partial charge in [-0.3, -0.25) is 0 Å². The van der Waals surface area contributed by atoms with Gasteiger partial charge in [-0.2, -0.15) is 0 Å². The van der Waals surface area contributed by atoms with Crippen LogP contribution in [0.15, 0.2) is 185 Å². The van der Waals surface area contributed by atoms with Crippen LogP contribution in [0.1, 0.15) is 0 Å². The second-order valence-corrected chi connectivity index (χ2v) is 13.6. The summed E-state index contributed by atoms with van der Waals surface area (Å²) >= 11 is 0. The molecular weight excluding hydrogens is 663 g/mol. The number of aromatic nitrogens is 3. The molecule has 0 spiro atoms. The van der Waals surface area contributed by atoms with E-state index in [1.807, 2.05) is 78.9 Å². The summed E-state index contributed by atoms with van der Waals surface area (Å²) in [5, 5.41) is 6.43. The van der Waals surface area contributed by atoms with Crippen molar-refractivity contribution in [1.29, 1.82) is 0 Å². The lowest BCUT2D eigenvalue weighted by Gasteiger charge is -2.12. The standard InChI is InChI=1S/C49H29N3O2/c1-3-12-30(13-4-1)34-26-27-35-39(29-41-36-16-7-9-19-42(36)54-46(41)40(35)28-34)31-22-24-33(25-23-31)48-50-47(32-14-5-2-6-15-32)51-49(52-48)38-18-11-21-44-45(38)37-17-8-10-20-43(37)53-44/h1-29H. The van der Waals surface area contributed by atoms with E-state index in [1.54, 1.807) is 0 Å². The minimum Gasteiger partial charge on any atom is -0.456 e. The maximum atomic E-state index is 6.54. The first-order valence-corrected chi connectivity index (χ1v) is 18.0. The van der Waals surface area contributed by atoms with Crippen LogP contribution < -0.4 is 0 Å². The van der Waals surface area contributed by atoms with Gasteiger partial charge in [-0.1, -0.05) is 146 Å². The van der Waals surface area contributed by atoms with E-state index in [1.165, 1.54) is 5.56 Å². The number of hydrogen-bond donors (Lipinski definition) is 0. The molecule has 0 saturated heterocycles. The van der Waals surface area contributed by atoms with Crippen molar-refractivity contribution < 1.29 is 8.83 Å². The van der Waals surface area contributed by atoms with Crippen LogP contribution in [0.5, 0.6) is 0 Å². The highest BCUT2D eigenvalue weighted by molar-refractivity contribution is 6.20. The van der Waals surface area contributed by atoms with Crippen LogP contribution in [0.3, 0.4) is 0 Å². The van der Waals surface area contributed by atoms with Gasteiger partial charge in [-0.05, 0) is 58.0 Å². The van der Waals surface area contributed by atoms with Gasteiger partial charge < -0.3 is 8.83 Å². The van der Waals surface area contributed by atoms with Crippen LogP contribution in [0.25, 0.3) is 111 Å². The molecule has 0 fully saturated rings. The Morgan fingerprint density at radius 2 is 0.852 bits per heavy atom. The number of fused-ring (bicyclic) bond motifs is 8. The van der Waals surface area contributed by atoms with Crippen LogP contribution in [0.4, 0.5) is 0 Å². The van der Waals surface area contributed by atoms with E-state index in [0.29, 0.717) is 17.5 Å². The smallest absolute Gasteiger partial charge is 0.164 e. The molecule has 3 aromatic heterocycles. The van der Waals surface area contributed by atoms with Crippen LogP contribution >= 0.6 is 0 Å². The maximum absolute atomic E-state index is 6.54. The third kappa shape index (κ3) is 4.90. The average molecular weight is 692 g/mol. The molecule has 0 atom stereocenters. The first kappa shape index (κ1) is 30.3. The van der Waals surface area contributed by atoms with Gasteiger partial charge in [0.25, 0.3) is 0 Å². The first-order valence-electron chi connectivity index (χ1n) is 18.0. The second-order valence-electron chi connectivity index (χ2n) is 13.6. The summed E-state index contributed by atoms with van der Waals surface area (Å²) < 4.78 is 12.8. The Labute approximate surface area is 309 Å². The fourth-order valence-corrected chi connectivity index (χ4v) is 7.75. The van der Waals surface area contributed by atoms with Gasteiger partial charge in [-0.15, -0.1) is 0 Å². The molecule has 0 aliphatic carbocycles. The number of rotatable bonds is 5. The monoisotopic (exact) mass is 691 g/mol. The van der Waals surface area contributed by atoms with E-state index in [-0.39, 0.29) is 0 Å². The molecular formula is C49H29N3O2. The summed E-state index contributed by atoms with van der Waals surface area (Å²) in [5.41, 5.74) is 10.7. The molecule has 0 N–H and O–H groups in total. The summed E-state index contributed by atoms with van der Waals surface area (Å²) in [5.74, 6) is 1.81. The third-order valence-electron chi connectivity index (χ3n) is 10.3. The van der Waals surface area contributed by atoms with Crippen molar-refractivity contribution in [1.82, 2.24) is 15.0 Å². The summed E-state index contributed by atoms with van der Waals surface area (Å²) in [6.45, 7) is 0. The molecule has 11 aromatic rings. The van der Waals surface area contributed by atoms with Gasteiger partial charge in [0.05, 0.1) is 0 Å². The van der Waals surface area contributed by atoms with Gasteiger partial charge in [0.1, 0.15) is 22.3 Å². The van der Waals surface area contributed by atoms with Crippen LogP contribution in [-0.4, -0.2) is 15.0 Å². The lowest BCUT2D eigenvalue weighted by molar-refractivity contribution is 0.669. The predicted octanol–water partition coefficient (Wildman–Crippen LogP) is 13.2. The summed E-state index contributed by atoms with van der Waals surface area (Å²) in [4.78, 5) is 15.2. The van der Waals surface area contributed by atoms with Crippen molar-refractivity contribution in [3.8, 4) is 56.4 Å². The molecule has 11 rings (SSSR count). The van der Waals surface area contributed by atoms with Crippen molar-refractivity contribution in [2.24, 2.45) is 0 Å². The van der Waals surface area contributed by atoms with E-state index in [4.69, 9.17) is 23.8 Å². The predicted molar refractivity (Wildman–Crippen MR) is 219 cm³/mol. The normalized spacial score (nSPS) is 11.7. The molecule has 5 heteroatoms. The Bertz CT molecular complexity index is 3200. The van der Waals surface area contributed by atoms with Gasteiger partial charge >= 0.3 is 0 Å². The highest BCUT2D eigenvalue weighted by Gasteiger charge is 2.19. The first-order chi connectivity index (χ1) is 26.7. The van der Waals surface area contributed by atoms with Crippen molar-refractivity contribution in [2.45, 2.75) is 0 Å². The Balaban J connectivity index is 1.08. The van der Waals surface area contributed by atoms with Crippen LogP contribution in [-0.2, 0) is 0 Å². The Hall–Kier alpha value is -7.37.